The lowest BCUT2D eigenvalue weighted by Gasteiger charge is -2.30. The fourth-order valence-electron chi connectivity index (χ4n) is 1.73. The highest BCUT2D eigenvalue weighted by atomic mass is 19.4. The van der Waals surface area contributed by atoms with Crippen molar-refractivity contribution in [1.82, 2.24) is 10.4 Å². The molecule has 1 aliphatic heterocycles. The van der Waals surface area contributed by atoms with E-state index in [4.69, 9.17) is 0 Å². The Kier molecular flexibility index (Phi) is 4.94. The van der Waals surface area contributed by atoms with Crippen molar-refractivity contribution in [2.24, 2.45) is 5.92 Å². The van der Waals surface area contributed by atoms with Crippen LogP contribution in [0.25, 0.3) is 0 Å². The van der Waals surface area contributed by atoms with Gasteiger partial charge in [0.05, 0.1) is 0 Å². The zero-order valence-corrected chi connectivity index (χ0v) is 9.92. The predicted molar refractivity (Wildman–Crippen MR) is 55.1 cm³/mol. The molecule has 18 heavy (non-hydrogen) atoms. The molecule has 0 saturated carbocycles. The van der Waals surface area contributed by atoms with Crippen molar-refractivity contribution in [1.29, 1.82) is 0 Å². The molecule has 0 aliphatic carbocycles. The molecule has 1 saturated heterocycles. The second kappa shape index (κ2) is 6.03. The van der Waals surface area contributed by atoms with Gasteiger partial charge in [-0.3, -0.25) is 14.4 Å². The average molecular weight is 268 g/mol. The summed E-state index contributed by atoms with van der Waals surface area (Å²) in [6.07, 6.45) is -3.60. The minimum Gasteiger partial charge on any atom is -0.343 e. The normalized spacial score (nSPS) is 17.7. The van der Waals surface area contributed by atoms with Crippen LogP contribution in [0.5, 0.6) is 0 Å². The summed E-state index contributed by atoms with van der Waals surface area (Å²) in [5, 5.41) is 0. The van der Waals surface area contributed by atoms with Crippen LogP contribution in [-0.2, 0) is 14.4 Å². The SMILES string of the molecule is CC(=O)N1CCC(C(=O)NOCC(F)(F)F)CC1. The molecule has 2 amide bonds. The zero-order valence-electron chi connectivity index (χ0n) is 9.92. The second-order valence-electron chi connectivity index (χ2n) is 4.15. The highest BCUT2D eigenvalue weighted by Gasteiger charge is 2.30. The van der Waals surface area contributed by atoms with Crippen molar-refractivity contribution >= 4 is 11.8 Å². The summed E-state index contributed by atoms with van der Waals surface area (Å²) < 4.78 is 35.3. The van der Waals surface area contributed by atoms with Crippen molar-refractivity contribution in [3.8, 4) is 0 Å². The van der Waals surface area contributed by atoms with Gasteiger partial charge in [-0.25, -0.2) is 5.48 Å². The lowest BCUT2D eigenvalue weighted by molar-refractivity contribution is -0.193. The molecule has 0 aromatic carbocycles. The Balaban J connectivity index is 2.26. The maximum absolute atomic E-state index is 11.8. The summed E-state index contributed by atoms with van der Waals surface area (Å²) in [5.41, 5.74) is 1.79. The van der Waals surface area contributed by atoms with Crippen molar-refractivity contribution in [2.75, 3.05) is 19.7 Å². The van der Waals surface area contributed by atoms with Gasteiger partial charge in [0.2, 0.25) is 11.8 Å². The Labute approximate surface area is 102 Å². The van der Waals surface area contributed by atoms with E-state index in [1.807, 2.05) is 0 Å². The van der Waals surface area contributed by atoms with Gasteiger partial charge < -0.3 is 4.90 Å². The Morgan fingerprint density at radius 2 is 1.89 bits per heavy atom. The van der Waals surface area contributed by atoms with Crippen LogP contribution < -0.4 is 5.48 Å². The molecule has 1 rings (SSSR count). The molecule has 0 unspecified atom stereocenters. The minimum atomic E-state index is -4.47. The van der Waals surface area contributed by atoms with Gasteiger partial charge in [0.15, 0.2) is 6.61 Å². The van der Waals surface area contributed by atoms with Crippen LogP contribution in [0.2, 0.25) is 0 Å². The van der Waals surface area contributed by atoms with Gasteiger partial charge in [0, 0.05) is 25.9 Å². The van der Waals surface area contributed by atoms with Gasteiger partial charge in [-0.15, -0.1) is 0 Å². The van der Waals surface area contributed by atoms with E-state index in [2.05, 4.69) is 4.84 Å². The van der Waals surface area contributed by atoms with Crippen molar-refractivity contribution < 1.29 is 27.6 Å². The molecule has 1 aliphatic rings. The molecule has 0 aromatic heterocycles. The highest BCUT2D eigenvalue weighted by Crippen LogP contribution is 2.18. The number of hydrogen-bond acceptors (Lipinski definition) is 3. The number of carbonyl (C=O) groups is 2. The van der Waals surface area contributed by atoms with Crippen molar-refractivity contribution in [3.05, 3.63) is 0 Å². The van der Waals surface area contributed by atoms with Gasteiger partial charge >= 0.3 is 6.18 Å². The van der Waals surface area contributed by atoms with E-state index >= 15 is 0 Å². The third-order valence-electron chi connectivity index (χ3n) is 2.72. The average Bonchev–Trinajstić information content (AvgIpc) is 2.27. The number of halogens is 3. The first-order valence-corrected chi connectivity index (χ1v) is 5.53. The van der Waals surface area contributed by atoms with Gasteiger partial charge in [-0.1, -0.05) is 0 Å². The van der Waals surface area contributed by atoms with Crippen LogP contribution in [0.4, 0.5) is 13.2 Å². The number of carbonyl (C=O) groups excluding carboxylic acids is 2. The molecule has 1 fully saturated rings. The molecular weight excluding hydrogens is 253 g/mol. The Bertz CT molecular complexity index is 312. The molecule has 1 heterocycles. The van der Waals surface area contributed by atoms with Crippen LogP contribution in [0.15, 0.2) is 0 Å². The molecule has 0 bridgehead atoms. The van der Waals surface area contributed by atoms with Crippen LogP contribution in [-0.4, -0.2) is 42.6 Å². The van der Waals surface area contributed by atoms with Crippen LogP contribution in [0.1, 0.15) is 19.8 Å². The monoisotopic (exact) mass is 268 g/mol. The Hall–Kier alpha value is -1.31. The molecule has 0 radical (unpaired) electrons. The van der Waals surface area contributed by atoms with E-state index in [9.17, 15) is 22.8 Å². The lowest BCUT2D eigenvalue weighted by atomic mass is 9.96. The van der Waals surface area contributed by atoms with E-state index in [1.165, 1.54) is 6.92 Å². The topological polar surface area (TPSA) is 58.6 Å². The van der Waals surface area contributed by atoms with Gasteiger partial charge in [-0.05, 0) is 12.8 Å². The van der Waals surface area contributed by atoms with Crippen molar-refractivity contribution in [2.45, 2.75) is 25.9 Å². The molecule has 1 N–H and O–H groups in total. The van der Waals surface area contributed by atoms with Crippen LogP contribution in [0, 0.1) is 5.92 Å². The lowest BCUT2D eigenvalue weighted by Crippen LogP contribution is -2.42. The summed E-state index contributed by atoms with van der Waals surface area (Å²) in [7, 11) is 0. The number of nitrogens with zero attached hydrogens (tertiary/aromatic N) is 1. The number of alkyl halides is 3. The Morgan fingerprint density at radius 3 is 2.33 bits per heavy atom. The third-order valence-corrected chi connectivity index (χ3v) is 2.72. The van der Waals surface area contributed by atoms with Crippen LogP contribution >= 0.6 is 0 Å². The second-order valence-corrected chi connectivity index (χ2v) is 4.15. The van der Waals surface area contributed by atoms with E-state index in [1.54, 1.807) is 10.4 Å². The summed E-state index contributed by atoms with van der Waals surface area (Å²) in [6, 6.07) is 0. The molecule has 0 spiro atoms. The van der Waals surface area contributed by atoms with E-state index in [-0.39, 0.29) is 5.91 Å². The minimum absolute atomic E-state index is 0.0674. The molecule has 0 aromatic rings. The molecular formula is C10H15F3N2O3. The summed E-state index contributed by atoms with van der Waals surface area (Å²) in [4.78, 5) is 28.2. The number of hydroxylamine groups is 1. The quantitative estimate of drug-likeness (QED) is 0.772. The maximum atomic E-state index is 11.8. The Morgan fingerprint density at radius 1 is 1.33 bits per heavy atom. The van der Waals surface area contributed by atoms with Crippen molar-refractivity contribution in [3.63, 3.8) is 0 Å². The molecule has 0 atom stereocenters. The maximum Gasteiger partial charge on any atom is 0.414 e. The number of likely N-dealkylation sites (tertiary alicyclic amines) is 1. The number of amides is 2. The molecule has 104 valence electrons. The number of nitrogens with one attached hydrogen (secondary N) is 1. The number of piperidine rings is 1. The standard InChI is InChI=1S/C10H15F3N2O3/c1-7(16)15-4-2-8(3-5-15)9(17)14-18-6-10(11,12)13/h8H,2-6H2,1H3,(H,14,17). The fraction of sp³-hybridized carbons (Fsp3) is 0.800. The first kappa shape index (κ1) is 14.7. The zero-order chi connectivity index (χ0) is 13.8. The summed E-state index contributed by atoms with van der Waals surface area (Å²) in [6.45, 7) is 0.803. The van der Waals surface area contributed by atoms with Gasteiger partial charge in [0.1, 0.15) is 0 Å². The highest BCUT2D eigenvalue weighted by molar-refractivity contribution is 5.78. The van der Waals surface area contributed by atoms with E-state index < -0.39 is 24.6 Å². The van der Waals surface area contributed by atoms with E-state index in [0.29, 0.717) is 25.9 Å². The molecule has 5 nitrogen and oxygen atoms in total. The first-order chi connectivity index (χ1) is 8.29. The predicted octanol–water partition coefficient (Wildman–Crippen LogP) is 0.855. The van der Waals surface area contributed by atoms with Gasteiger partial charge in [0.25, 0.3) is 0 Å². The number of hydrogen-bond donors (Lipinski definition) is 1. The fourth-order valence-corrected chi connectivity index (χ4v) is 1.73. The van der Waals surface area contributed by atoms with Gasteiger partial charge in [-0.2, -0.15) is 13.2 Å². The first-order valence-electron chi connectivity index (χ1n) is 5.53. The smallest absolute Gasteiger partial charge is 0.343 e. The van der Waals surface area contributed by atoms with E-state index in [0.717, 1.165) is 0 Å². The summed E-state index contributed by atoms with van der Waals surface area (Å²) in [5.74, 6) is -1.04. The third kappa shape index (κ3) is 4.91. The van der Waals surface area contributed by atoms with Crippen LogP contribution in [0.3, 0.4) is 0 Å². The number of rotatable bonds is 3. The molecule has 8 heteroatoms. The largest absolute Gasteiger partial charge is 0.414 e. The summed E-state index contributed by atoms with van der Waals surface area (Å²) >= 11 is 0.